The van der Waals surface area contributed by atoms with Gasteiger partial charge in [-0.05, 0) is 0 Å². The predicted molar refractivity (Wildman–Crippen MR) is 20.9 cm³/mol. The molecule has 0 unspecified atom stereocenters. The van der Waals surface area contributed by atoms with Crippen molar-refractivity contribution in [3.63, 3.8) is 0 Å². The third kappa shape index (κ3) is 10.2. The molecule has 0 aliphatic heterocycles. The van der Waals surface area contributed by atoms with Crippen molar-refractivity contribution in [2.75, 3.05) is 0 Å². The van der Waals surface area contributed by atoms with E-state index in [0.717, 1.165) is 0 Å². The van der Waals surface area contributed by atoms with E-state index in [1.807, 2.05) is 0 Å². The van der Waals surface area contributed by atoms with Gasteiger partial charge >= 0.3 is 0 Å². The SMILES string of the molecule is S=[Si]=S.[W]. The van der Waals surface area contributed by atoms with E-state index in [9.17, 15) is 0 Å². The first kappa shape index (κ1) is 9.02. The summed E-state index contributed by atoms with van der Waals surface area (Å²) >= 11 is 8.47. The molecule has 4 heavy (non-hydrogen) atoms. The molecule has 0 spiro atoms. The summed E-state index contributed by atoms with van der Waals surface area (Å²) in [5, 5.41) is 0. The van der Waals surface area contributed by atoms with Crippen LogP contribution in [0.25, 0.3) is 0 Å². The van der Waals surface area contributed by atoms with E-state index in [1.54, 1.807) is 0 Å². The van der Waals surface area contributed by atoms with Gasteiger partial charge in [0.25, 0.3) is 0 Å². The Kier molecular flexibility index (Phi) is 19.9. The van der Waals surface area contributed by atoms with Crippen LogP contribution in [0.2, 0.25) is 0 Å². The summed E-state index contributed by atoms with van der Waals surface area (Å²) in [6.45, 7) is 0.250. The van der Waals surface area contributed by atoms with Gasteiger partial charge in [-0.3, -0.25) is 0 Å². The fourth-order valence-electron chi connectivity index (χ4n) is 0. The molecule has 0 nitrogen and oxygen atoms in total. The predicted octanol–water partition coefficient (Wildman–Crippen LogP) is 0.913. The molecule has 0 amide bonds. The Hall–Kier alpha value is 1.35. The topological polar surface area (TPSA) is 0 Å². The van der Waals surface area contributed by atoms with E-state index in [1.165, 1.54) is 0 Å². The van der Waals surface area contributed by atoms with Gasteiger partial charge < -0.3 is 0 Å². The summed E-state index contributed by atoms with van der Waals surface area (Å²) in [5.41, 5.74) is 0. The molecule has 0 aliphatic carbocycles. The molecule has 0 heterocycles. The molecule has 0 atom stereocenters. The van der Waals surface area contributed by atoms with Crippen LogP contribution >= 0.6 is 23.3 Å². The largest absolute Gasteiger partial charge is 0.137 e. The van der Waals surface area contributed by atoms with Gasteiger partial charge in [-0.1, -0.05) is 23.3 Å². The van der Waals surface area contributed by atoms with Crippen LogP contribution in [0.3, 0.4) is 0 Å². The summed E-state index contributed by atoms with van der Waals surface area (Å²) in [7, 11) is 0. The van der Waals surface area contributed by atoms with Crippen LogP contribution in [0.4, 0.5) is 0 Å². The molecule has 0 aromatic carbocycles. The van der Waals surface area contributed by atoms with Crippen LogP contribution in [-0.4, -0.2) is 6.94 Å². The molecule has 4 heteroatoms. The standard InChI is InChI=1S/S2Si.W/c1-3-2;. The van der Waals surface area contributed by atoms with Crippen molar-refractivity contribution in [1.82, 2.24) is 0 Å². The number of hydrogen-bond acceptors (Lipinski definition) is 2. The quantitative estimate of drug-likeness (QED) is 0.603. The molecule has 0 saturated carbocycles. The van der Waals surface area contributed by atoms with Crippen molar-refractivity contribution >= 4 is 30.2 Å². The second kappa shape index (κ2) is 8.84. The van der Waals surface area contributed by atoms with Gasteiger partial charge in [-0.2, -0.15) is 0 Å². The van der Waals surface area contributed by atoms with Crippen LogP contribution in [0.5, 0.6) is 0 Å². The Morgan fingerprint density at radius 1 is 1.25 bits per heavy atom. The third-order valence-electron chi connectivity index (χ3n) is 0. The minimum atomic E-state index is 0. The molecule has 0 bridgehead atoms. The van der Waals surface area contributed by atoms with E-state index in [0.29, 0.717) is 0 Å². The first-order valence-corrected chi connectivity index (χ1v) is 3.67. The first-order valence-electron chi connectivity index (χ1n) is 0.408. The van der Waals surface area contributed by atoms with Crippen LogP contribution in [-0.2, 0) is 21.1 Å². The Balaban J connectivity index is 0. The summed E-state index contributed by atoms with van der Waals surface area (Å²) in [6.07, 6.45) is 0. The molecular weight excluding hydrogens is 276 g/mol. The Morgan fingerprint density at radius 3 is 1.25 bits per heavy atom. The summed E-state index contributed by atoms with van der Waals surface area (Å²) < 4.78 is 0. The second-order valence-corrected chi connectivity index (χ2v) is 2.25. The molecule has 0 N–H and O–H groups in total. The van der Waals surface area contributed by atoms with Crippen molar-refractivity contribution in [2.24, 2.45) is 0 Å². The van der Waals surface area contributed by atoms with Gasteiger partial charge in [0.15, 0.2) is 0 Å². The zero-order valence-corrected chi connectivity index (χ0v) is 7.29. The Bertz CT molecular complexity index is 27.0. The molecule has 0 saturated heterocycles. The fourth-order valence-corrected chi connectivity index (χ4v) is 0. The maximum Gasteiger partial charge on any atom is 0.137 e. The van der Waals surface area contributed by atoms with Gasteiger partial charge in [0.2, 0.25) is 0 Å². The maximum absolute atomic E-state index is 4.24. The van der Waals surface area contributed by atoms with Crippen molar-refractivity contribution in [3.8, 4) is 0 Å². The maximum atomic E-state index is 4.24. The van der Waals surface area contributed by atoms with E-state index in [-0.39, 0.29) is 28.0 Å². The smallest absolute Gasteiger partial charge is 0.0683 e. The molecule has 0 aromatic heterocycles. The summed E-state index contributed by atoms with van der Waals surface area (Å²) in [4.78, 5) is 0. The minimum Gasteiger partial charge on any atom is -0.0683 e. The van der Waals surface area contributed by atoms with Crippen molar-refractivity contribution < 1.29 is 21.1 Å². The van der Waals surface area contributed by atoms with Crippen molar-refractivity contribution in [1.29, 1.82) is 0 Å². The van der Waals surface area contributed by atoms with Gasteiger partial charge in [0, 0.05) is 21.1 Å². The van der Waals surface area contributed by atoms with E-state index in [2.05, 4.69) is 23.3 Å². The zero-order valence-electron chi connectivity index (χ0n) is 1.72. The fraction of sp³-hybridized carbons (Fsp3) is 0. The minimum absolute atomic E-state index is 0. The average Bonchev–Trinajstić information content (AvgIpc) is 0.918. The summed E-state index contributed by atoms with van der Waals surface area (Å²) in [5.74, 6) is 0. The van der Waals surface area contributed by atoms with Gasteiger partial charge in [0.1, 0.15) is 6.94 Å². The van der Waals surface area contributed by atoms with Gasteiger partial charge in [-0.25, -0.2) is 0 Å². The molecule has 0 aromatic rings. The third-order valence-corrected chi connectivity index (χ3v) is 0. The molecule has 0 fully saturated rings. The van der Waals surface area contributed by atoms with Gasteiger partial charge in [-0.15, -0.1) is 0 Å². The molecule has 22 valence electrons. The van der Waals surface area contributed by atoms with E-state index in [4.69, 9.17) is 0 Å². The normalized spacial score (nSPS) is 2.00. The van der Waals surface area contributed by atoms with Crippen LogP contribution < -0.4 is 0 Å². The Morgan fingerprint density at radius 2 is 1.25 bits per heavy atom. The zero-order chi connectivity index (χ0) is 2.71. The van der Waals surface area contributed by atoms with E-state index >= 15 is 0 Å². The number of hydrogen-bond donors (Lipinski definition) is 0. The van der Waals surface area contributed by atoms with Crippen molar-refractivity contribution in [2.45, 2.75) is 0 Å². The molecule has 0 radical (unpaired) electrons. The Labute approximate surface area is 51.1 Å². The second-order valence-electron chi connectivity index (χ2n) is 0.0833. The van der Waals surface area contributed by atoms with E-state index < -0.39 is 0 Å². The van der Waals surface area contributed by atoms with Gasteiger partial charge in [0.05, 0.1) is 0 Å². The number of rotatable bonds is 0. The molecule has 0 aliphatic rings. The van der Waals surface area contributed by atoms with Crippen LogP contribution in [0, 0.1) is 0 Å². The molecule has 0 rings (SSSR count). The molecular formula is S2SiW. The van der Waals surface area contributed by atoms with Crippen LogP contribution in [0.1, 0.15) is 0 Å². The van der Waals surface area contributed by atoms with Crippen LogP contribution in [0.15, 0.2) is 0 Å². The van der Waals surface area contributed by atoms with Crippen molar-refractivity contribution in [3.05, 3.63) is 0 Å². The monoisotopic (exact) mass is 276 g/mol. The first-order chi connectivity index (χ1) is 1.41. The average molecular weight is 276 g/mol. The summed E-state index contributed by atoms with van der Waals surface area (Å²) in [6, 6.07) is 0.